The van der Waals surface area contributed by atoms with Crippen LogP contribution in [0.25, 0.3) is 0 Å². The molecule has 0 amide bonds. The minimum Gasteiger partial charge on any atom is -0.392 e. The largest absolute Gasteiger partial charge is 0.392 e. The SMILES string of the molecule is O=S(=O)(CCN1CCCC(O)C1)c1ccc(Cl)cc1. The second kappa shape index (κ2) is 6.22. The molecule has 19 heavy (non-hydrogen) atoms. The summed E-state index contributed by atoms with van der Waals surface area (Å²) in [4.78, 5) is 2.30. The van der Waals surface area contributed by atoms with Crippen molar-refractivity contribution in [1.82, 2.24) is 4.90 Å². The molecular weight excluding hydrogens is 286 g/mol. The molecule has 1 aliphatic heterocycles. The lowest BCUT2D eigenvalue weighted by Gasteiger charge is -2.29. The van der Waals surface area contributed by atoms with E-state index in [4.69, 9.17) is 11.6 Å². The van der Waals surface area contributed by atoms with Gasteiger partial charge in [-0.05, 0) is 43.7 Å². The number of piperidine rings is 1. The Kier molecular flexibility index (Phi) is 4.84. The first kappa shape index (κ1) is 14.8. The zero-order valence-electron chi connectivity index (χ0n) is 10.6. The van der Waals surface area contributed by atoms with Crippen molar-refractivity contribution >= 4 is 21.4 Å². The van der Waals surface area contributed by atoms with Gasteiger partial charge in [-0.2, -0.15) is 0 Å². The summed E-state index contributed by atoms with van der Waals surface area (Å²) in [6.07, 6.45) is 1.40. The molecule has 1 aliphatic rings. The van der Waals surface area contributed by atoms with Crippen molar-refractivity contribution in [3.8, 4) is 0 Å². The van der Waals surface area contributed by atoms with E-state index < -0.39 is 9.84 Å². The highest BCUT2D eigenvalue weighted by molar-refractivity contribution is 7.91. The number of aliphatic hydroxyl groups is 1. The lowest BCUT2D eigenvalue weighted by atomic mass is 10.1. The minimum atomic E-state index is -3.28. The third-order valence-electron chi connectivity index (χ3n) is 3.33. The second-order valence-electron chi connectivity index (χ2n) is 4.87. The molecule has 1 heterocycles. The predicted molar refractivity (Wildman–Crippen MR) is 75.2 cm³/mol. The van der Waals surface area contributed by atoms with Crippen molar-refractivity contribution < 1.29 is 13.5 Å². The maximum absolute atomic E-state index is 12.1. The molecule has 0 spiro atoms. The lowest BCUT2D eigenvalue weighted by Crippen LogP contribution is -2.40. The topological polar surface area (TPSA) is 57.6 Å². The Morgan fingerprint density at radius 2 is 2.00 bits per heavy atom. The van der Waals surface area contributed by atoms with E-state index in [1.807, 2.05) is 4.90 Å². The molecule has 0 radical (unpaired) electrons. The molecule has 0 aromatic heterocycles. The molecule has 4 nitrogen and oxygen atoms in total. The Hall–Kier alpha value is -0.620. The van der Waals surface area contributed by atoms with Crippen LogP contribution in [0.4, 0.5) is 0 Å². The summed E-state index contributed by atoms with van der Waals surface area (Å²) in [6, 6.07) is 6.23. The smallest absolute Gasteiger partial charge is 0.179 e. The summed E-state index contributed by atoms with van der Waals surface area (Å²) in [5.74, 6) is 0.0708. The number of halogens is 1. The van der Waals surface area contributed by atoms with Crippen LogP contribution in [-0.2, 0) is 9.84 Å². The molecule has 1 unspecified atom stereocenters. The summed E-state index contributed by atoms with van der Waals surface area (Å²) >= 11 is 5.75. The highest BCUT2D eigenvalue weighted by atomic mass is 35.5. The lowest BCUT2D eigenvalue weighted by molar-refractivity contribution is 0.0741. The first-order chi connectivity index (χ1) is 8.97. The monoisotopic (exact) mass is 303 g/mol. The van der Waals surface area contributed by atoms with E-state index in [2.05, 4.69) is 0 Å². The number of benzene rings is 1. The van der Waals surface area contributed by atoms with E-state index >= 15 is 0 Å². The van der Waals surface area contributed by atoms with Gasteiger partial charge >= 0.3 is 0 Å². The van der Waals surface area contributed by atoms with Gasteiger partial charge in [0, 0.05) is 18.1 Å². The Morgan fingerprint density at radius 3 is 2.63 bits per heavy atom. The van der Waals surface area contributed by atoms with Crippen LogP contribution in [0, 0.1) is 0 Å². The van der Waals surface area contributed by atoms with Crippen molar-refractivity contribution in [3.05, 3.63) is 29.3 Å². The number of rotatable bonds is 4. The summed E-state index contributed by atoms with van der Waals surface area (Å²) in [5.41, 5.74) is 0. The normalized spacial score (nSPS) is 21.5. The van der Waals surface area contributed by atoms with E-state index in [1.54, 1.807) is 12.1 Å². The van der Waals surface area contributed by atoms with E-state index in [-0.39, 0.29) is 11.9 Å². The van der Waals surface area contributed by atoms with Crippen LogP contribution < -0.4 is 0 Å². The van der Waals surface area contributed by atoms with Gasteiger partial charge in [-0.25, -0.2) is 8.42 Å². The first-order valence-corrected chi connectivity index (χ1v) is 8.39. The fraction of sp³-hybridized carbons (Fsp3) is 0.538. The summed E-state index contributed by atoms with van der Waals surface area (Å²) in [6.45, 7) is 1.88. The quantitative estimate of drug-likeness (QED) is 0.917. The Morgan fingerprint density at radius 1 is 1.32 bits per heavy atom. The van der Waals surface area contributed by atoms with Crippen LogP contribution in [0.15, 0.2) is 29.2 Å². The Labute approximate surface area is 118 Å². The van der Waals surface area contributed by atoms with Crippen LogP contribution in [0.1, 0.15) is 12.8 Å². The standard InChI is InChI=1S/C13H18ClNO3S/c14-11-3-5-13(6-4-11)19(17,18)9-8-15-7-1-2-12(16)10-15/h3-6,12,16H,1-2,7-10H2. The summed E-state index contributed by atoms with van der Waals surface area (Å²) < 4.78 is 24.3. The van der Waals surface area contributed by atoms with Crippen molar-refractivity contribution in [3.63, 3.8) is 0 Å². The molecule has 106 valence electrons. The van der Waals surface area contributed by atoms with Crippen molar-refractivity contribution in [2.24, 2.45) is 0 Å². The van der Waals surface area contributed by atoms with Gasteiger partial charge in [-0.15, -0.1) is 0 Å². The molecule has 1 atom stereocenters. The van der Waals surface area contributed by atoms with E-state index in [0.29, 0.717) is 23.0 Å². The minimum absolute atomic E-state index is 0.0708. The van der Waals surface area contributed by atoms with Gasteiger partial charge in [0.1, 0.15) is 0 Å². The molecule has 1 saturated heterocycles. The average molecular weight is 304 g/mol. The van der Waals surface area contributed by atoms with Gasteiger partial charge in [0.2, 0.25) is 0 Å². The van der Waals surface area contributed by atoms with Gasteiger partial charge in [0.15, 0.2) is 9.84 Å². The highest BCUT2D eigenvalue weighted by Gasteiger charge is 2.21. The van der Waals surface area contributed by atoms with Gasteiger partial charge in [0.05, 0.1) is 16.8 Å². The predicted octanol–water partition coefficient (Wildman–Crippen LogP) is 1.57. The van der Waals surface area contributed by atoms with Gasteiger partial charge < -0.3 is 5.11 Å². The van der Waals surface area contributed by atoms with Crippen LogP contribution in [0.2, 0.25) is 5.02 Å². The first-order valence-electron chi connectivity index (χ1n) is 6.36. The number of β-amino-alcohol motifs (C(OH)–C–C–N with tert-alkyl or cyclic N) is 1. The fourth-order valence-electron chi connectivity index (χ4n) is 2.24. The Balaban J connectivity index is 1.96. The molecular formula is C13H18ClNO3S. The number of likely N-dealkylation sites (tertiary alicyclic amines) is 1. The molecule has 1 fully saturated rings. The van der Waals surface area contributed by atoms with Gasteiger partial charge in [-0.1, -0.05) is 11.6 Å². The van der Waals surface area contributed by atoms with Crippen molar-refractivity contribution in [1.29, 1.82) is 0 Å². The van der Waals surface area contributed by atoms with Crippen molar-refractivity contribution in [2.45, 2.75) is 23.8 Å². The van der Waals surface area contributed by atoms with Gasteiger partial charge in [-0.3, -0.25) is 4.90 Å². The van der Waals surface area contributed by atoms with E-state index in [9.17, 15) is 13.5 Å². The maximum Gasteiger partial charge on any atom is 0.179 e. The zero-order valence-corrected chi connectivity index (χ0v) is 12.2. The summed E-state index contributed by atoms with van der Waals surface area (Å²) in [5, 5.41) is 10.1. The molecule has 1 N–H and O–H groups in total. The van der Waals surface area contributed by atoms with Crippen molar-refractivity contribution in [2.75, 3.05) is 25.4 Å². The number of sulfone groups is 1. The maximum atomic E-state index is 12.1. The zero-order chi connectivity index (χ0) is 13.9. The molecule has 1 aromatic carbocycles. The molecule has 0 aliphatic carbocycles. The molecule has 6 heteroatoms. The Bertz CT molecular complexity index is 515. The molecule has 1 aromatic rings. The fourth-order valence-corrected chi connectivity index (χ4v) is 3.65. The van der Waals surface area contributed by atoms with E-state index in [1.165, 1.54) is 12.1 Å². The second-order valence-corrected chi connectivity index (χ2v) is 7.42. The van der Waals surface area contributed by atoms with Crippen LogP contribution in [0.3, 0.4) is 0 Å². The molecule has 0 saturated carbocycles. The van der Waals surface area contributed by atoms with Crippen LogP contribution >= 0.6 is 11.6 Å². The third-order valence-corrected chi connectivity index (χ3v) is 5.29. The molecule has 2 rings (SSSR count). The molecule has 0 bridgehead atoms. The summed E-state index contributed by atoms with van der Waals surface area (Å²) in [7, 11) is -3.28. The highest BCUT2D eigenvalue weighted by Crippen LogP contribution is 2.16. The number of nitrogens with zero attached hydrogens (tertiary/aromatic N) is 1. The van der Waals surface area contributed by atoms with Crippen LogP contribution in [-0.4, -0.2) is 49.9 Å². The van der Waals surface area contributed by atoms with Crippen LogP contribution in [0.5, 0.6) is 0 Å². The van der Waals surface area contributed by atoms with Gasteiger partial charge in [0.25, 0.3) is 0 Å². The number of hydrogen-bond donors (Lipinski definition) is 1. The van der Waals surface area contributed by atoms with E-state index in [0.717, 1.165) is 19.4 Å². The average Bonchev–Trinajstić information content (AvgIpc) is 2.37. The number of hydrogen-bond acceptors (Lipinski definition) is 4. The third kappa shape index (κ3) is 4.18. The number of aliphatic hydroxyl groups excluding tert-OH is 1.